The van der Waals surface area contributed by atoms with Crippen molar-refractivity contribution in [1.29, 1.82) is 5.26 Å². The van der Waals surface area contributed by atoms with E-state index in [4.69, 9.17) is 5.26 Å². The van der Waals surface area contributed by atoms with E-state index in [2.05, 4.69) is 13.1 Å². The lowest BCUT2D eigenvalue weighted by molar-refractivity contribution is 0.341. The highest BCUT2D eigenvalue weighted by Crippen LogP contribution is 2.14. The average Bonchev–Trinajstić information content (AvgIpc) is 1.89. The van der Waals surface area contributed by atoms with Gasteiger partial charge >= 0.3 is 0 Å². The Hall–Kier alpha value is -0.360. The molecule has 0 bridgehead atoms. The summed E-state index contributed by atoms with van der Waals surface area (Å²) in [5.41, 5.74) is 0. The summed E-state index contributed by atoms with van der Waals surface area (Å²) in [6.07, 6.45) is 2.17. The van der Waals surface area contributed by atoms with E-state index >= 15 is 0 Å². The molecule has 1 fully saturated rings. The van der Waals surface area contributed by atoms with Crippen LogP contribution in [-0.4, -0.2) is 29.0 Å². The number of nitriles is 1. The van der Waals surface area contributed by atoms with Gasteiger partial charge in [0, 0.05) is 24.1 Å². The quantitative estimate of drug-likeness (QED) is 0.470. The van der Waals surface area contributed by atoms with Crippen LogP contribution in [-0.2, 0) is 0 Å². The maximum absolute atomic E-state index is 8.53. The van der Waals surface area contributed by atoms with Crippen molar-refractivity contribution in [2.24, 2.45) is 0 Å². The van der Waals surface area contributed by atoms with Gasteiger partial charge in [0.2, 0.25) is 0 Å². The molecule has 0 aliphatic carbocycles. The molecule has 1 aliphatic rings. The molecule has 0 saturated carbocycles. The Morgan fingerprint density at radius 3 is 3.00 bits per heavy atom. The molecule has 1 atom stereocenters. The molecule has 0 spiro atoms. The number of nitrogens with zero attached hydrogens (tertiary/aromatic N) is 2. The van der Waals surface area contributed by atoms with Crippen LogP contribution in [0.25, 0.3) is 0 Å². The van der Waals surface area contributed by atoms with Crippen LogP contribution in [0, 0.1) is 11.5 Å². The zero-order valence-electron chi connectivity index (χ0n) is 5.50. The molecule has 0 amide bonds. The number of hydrogen-bond acceptors (Lipinski definition) is 3. The normalized spacial score (nSPS) is 27.6. The first kappa shape index (κ1) is 6.76. The van der Waals surface area contributed by atoms with Gasteiger partial charge in [-0.1, -0.05) is 0 Å². The van der Waals surface area contributed by atoms with Gasteiger partial charge in [0.05, 0.1) is 0 Å². The minimum absolute atomic E-state index is 0.453. The number of hydrogen-bond donors (Lipinski definition) is 0. The molecule has 0 aromatic carbocycles. The van der Waals surface area contributed by atoms with Crippen molar-refractivity contribution >= 4 is 11.8 Å². The molecule has 1 saturated heterocycles. The Labute approximate surface area is 59.8 Å². The van der Waals surface area contributed by atoms with Crippen LogP contribution in [0.1, 0.15) is 6.92 Å². The van der Waals surface area contributed by atoms with E-state index in [-0.39, 0.29) is 0 Å². The van der Waals surface area contributed by atoms with Crippen LogP contribution >= 0.6 is 11.8 Å². The molecule has 2 nitrogen and oxygen atoms in total. The van der Waals surface area contributed by atoms with E-state index in [0.717, 1.165) is 18.1 Å². The molecule has 1 unspecified atom stereocenters. The van der Waals surface area contributed by atoms with Crippen LogP contribution in [0.4, 0.5) is 0 Å². The molecule has 0 radical (unpaired) electrons. The Balaban J connectivity index is 2.41. The van der Waals surface area contributed by atoms with Gasteiger partial charge in [-0.05, 0) is 6.92 Å². The van der Waals surface area contributed by atoms with Gasteiger partial charge in [-0.3, -0.25) is 0 Å². The van der Waals surface area contributed by atoms with Gasteiger partial charge < -0.3 is 4.90 Å². The molecule has 9 heavy (non-hydrogen) atoms. The molecule has 3 heteroatoms. The van der Waals surface area contributed by atoms with Gasteiger partial charge in [-0.15, -0.1) is 0 Å². The summed E-state index contributed by atoms with van der Waals surface area (Å²) in [6.45, 7) is 3.03. The number of rotatable bonds is 0. The summed E-state index contributed by atoms with van der Waals surface area (Å²) in [5.74, 6) is 2.21. The van der Waals surface area contributed by atoms with Crippen molar-refractivity contribution in [2.75, 3.05) is 18.1 Å². The van der Waals surface area contributed by atoms with E-state index in [1.54, 1.807) is 0 Å². The second-order valence-electron chi connectivity index (χ2n) is 2.22. The zero-order valence-corrected chi connectivity index (χ0v) is 6.32. The second kappa shape index (κ2) is 2.98. The van der Waals surface area contributed by atoms with Crippen molar-refractivity contribution < 1.29 is 0 Å². The zero-order chi connectivity index (χ0) is 6.69. The fourth-order valence-electron chi connectivity index (χ4n) is 0.876. The third kappa shape index (κ3) is 1.52. The Morgan fingerprint density at radius 2 is 2.56 bits per heavy atom. The summed E-state index contributed by atoms with van der Waals surface area (Å²) in [5, 5.41) is 8.53. The fourth-order valence-corrected chi connectivity index (χ4v) is 1.89. The first-order chi connectivity index (χ1) is 4.34. The van der Waals surface area contributed by atoms with Crippen LogP contribution in [0.2, 0.25) is 0 Å². The van der Waals surface area contributed by atoms with Crippen molar-refractivity contribution in [3.05, 3.63) is 0 Å². The smallest absolute Gasteiger partial charge is 0.179 e. The highest BCUT2D eigenvalue weighted by Gasteiger charge is 2.15. The lowest BCUT2D eigenvalue weighted by Crippen LogP contribution is -2.36. The summed E-state index contributed by atoms with van der Waals surface area (Å²) in [4.78, 5) is 1.84. The lowest BCUT2D eigenvalue weighted by atomic mass is 10.3. The molecular weight excluding hydrogens is 132 g/mol. The van der Waals surface area contributed by atoms with Crippen LogP contribution in [0.3, 0.4) is 0 Å². The predicted octanol–water partition coefficient (Wildman–Crippen LogP) is 0.905. The summed E-state index contributed by atoms with van der Waals surface area (Å²) >= 11 is 1.93. The van der Waals surface area contributed by atoms with Crippen LogP contribution in [0.5, 0.6) is 0 Å². The maximum Gasteiger partial charge on any atom is 0.179 e. The lowest BCUT2D eigenvalue weighted by Gasteiger charge is -2.27. The van der Waals surface area contributed by atoms with Gasteiger partial charge in [-0.25, -0.2) is 0 Å². The molecular formula is C6H10N2S. The van der Waals surface area contributed by atoms with Crippen molar-refractivity contribution in [3.63, 3.8) is 0 Å². The Morgan fingerprint density at radius 1 is 1.78 bits per heavy atom. The van der Waals surface area contributed by atoms with Crippen LogP contribution < -0.4 is 0 Å². The van der Waals surface area contributed by atoms with Crippen molar-refractivity contribution in [2.45, 2.75) is 13.0 Å². The monoisotopic (exact) mass is 142 g/mol. The second-order valence-corrected chi connectivity index (χ2v) is 3.37. The fraction of sp³-hybridized carbons (Fsp3) is 0.833. The topological polar surface area (TPSA) is 27.0 Å². The predicted molar refractivity (Wildman–Crippen MR) is 39.1 cm³/mol. The Bertz CT molecular complexity index is 130. The third-order valence-corrected chi connectivity index (χ3v) is 2.69. The molecule has 1 heterocycles. The average molecular weight is 142 g/mol. The Kier molecular flexibility index (Phi) is 2.23. The third-order valence-electron chi connectivity index (χ3n) is 1.50. The van der Waals surface area contributed by atoms with E-state index in [1.165, 1.54) is 0 Å². The standard InChI is InChI=1S/C6H10N2S/c1-6-4-9-3-2-8(6)5-7/h6H,2-4H2,1H3. The highest BCUT2D eigenvalue weighted by molar-refractivity contribution is 7.99. The maximum atomic E-state index is 8.53. The van der Waals surface area contributed by atoms with Crippen molar-refractivity contribution in [1.82, 2.24) is 4.90 Å². The largest absolute Gasteiger partial charge is 0.306 e. The summed E-state index contributed by atoms with van der Waals surface area (Å²) in [7, 11) is 0. The first-order valence-corrected chi connectivity index (χ1v) is 4.24. The summed E-state index contributed by atoms with van der Waals surface area (Å²) < 4.78 is 0. The molecule has 1 rings (SSSR count). The van der Waals surface area contributed by atoms with E-state index < -0.39 is 0 Å². The number of thioether (sulfide) groups is 1. The summed E-state index contributed by atoms with van der Waals surface area (Å²) in [6, 6.07) is 0.453. The first-order valence-electron chi connectivity index (χ1n) is 3.08. The van der Waals surface area contributed by atoms with Gasteiger partial charge in [-0.2, -0.15) is 17.0 Å². The minimum Gasteiger partial charge on any atom is -0.306 e. The van der Waals surface area contributed by atoms with Gasteiger partial charge in [0.15, 0.2) is 6.19 Å². The van der Waals surface area contributed by atoms with Gasteiger partial charge in [0.25, 0.3) is 0 Å². The molecule has 1 aliphatic heterocycles. The molecule has 50 valence electrons. The van der Waals surface area contributed by atoms with Crippen LogP contribution in [0.15, 0.2) is 0 Å². The SMILES string of the molecule is CC1CSCCN1C#N. The van der Waals surface area contributed by atoms with E-state index in [0.29, 0.717) is 6.04 Å². The minimum atomic E-state index is 0.453. The van der Waals surface area contributed by atoms with Gasteiger partial charge in [0.1, 0.15) is 0 Å². The van der Waals surface area contributed by atoms with E-state index in [9.17, 15) is 0 Å². The molecule has 0 aromatic heterocycles. The van der Waals surface area contributed by atoms with E-state index in [1.807, 2.05) is 16.7 Å². The molecule has 0 aromatic rings. The van der Waals surface area contributed by atoms with Crippen molar-refractivity contribution in [3.8, 4) is 6.19 Å². The molecule has 0 N–H and O–H groups in total. The highest BCUT2D eigenvalue weighted by atomic mass is 32.2.